The smallest absolute Gasteiger partial charge is 0.303 e. The molecule has 2 saturated heterocycles. The fourth-order valence-electron chi connectivity index (χ4n) is 6.49. The normalized spacial score (nSPS) is 27.8. The van der Waals surface area contributed by atoms with Crippen LogP contribution in [0.15, 0.2) is 53.3 Å². The molecule has 0 unspecified atom stereocenters. The average molecular weight is 450 g/mol. The van der Waals surface area contributed by atoms with Crippen molar-refractivity contribution in [1.29, 1.82) is 0 Å². The molecule has 6 heteroatoms. The van der Waals surface area contributed by atoms with Crippen LogP contribution in [0.4, 0.5) is 0 Å². The van der Waals surface area contributed by atoms with Crippen molar-refractivity contribution in [3.63, 3.8) is 0 Å². The number of carboxylic acid groups (broad SMARTS) is 1. The number of carbonyl (C=O) groups is 1. The van der Waals surface area contributed by atoms with Crippen molar-refractivity contribution in [1.82, 2.24) is 14.4 Å². The maximum Gasteiger partial charge on any atom is 0.303 e. The number of hydrogen-bond donors (Lipinski definition) is 1. The van der Waals surface area contributed by atoms with E-state index in [4.69, 9.17) is 0 Å². The molecule has 5 rings (SSSR count). The largest absolute Gasteiger partial charge is 0.481 e. The maximum absolute atomic E-state index is 12.3. The molecule has 3 aliphatic heterocycles. The molecule has 2 aromatic rings. The summed E-state index contributed by atoms with van der Waals surface area (Å²) in [6.45, 7) is 6.79. The first-order valence-corrected chi connectivity index (χ1v) is 12.5. The van der Waals surface area contributed by atoms with Crippen LogP contribution in [0.25, 0.3) is 0 Å². The molecule has 4 heterocycles. The number of piperidine rings is 2. The minimum Gasteiger partial charge on any atom is -0.481 e. The molecule has 1 aromatic heterocycles. The maximum atomic E-state index is 12.3. The Hall–Kier alpha value is -2.44. The predicted molar refractivity (Wildman–Crippen MR) is 128 cm³/mol. The second-order valence-electron chi connectivity index (χ2n) is 10.4. The van der Waals surface area contributed by atoms with E-state index in [1.807, 2.05) is 16.7 Å². The zero-order valence-corrected chi connectivity index (χ0v) is 19.3. The molecule has 1 aromatic carbocycles. The minimum absolute atomic E-state index is 0.132. The van der Waals surface area contributed by atoms with Crippen molar-refractivity contribution < 1.29 is 9.90 Å². The number of likely N-dealkylation sites (tertiary alicyclic amines) is 2. The van der Waals surface area contributed by atoms with Crippen LogP contribution in [0.1, 0.15) is 42.9 Å². The Balaban J connectivity index is 1.22. The van der Waals surface area contributed by atoms with E-state index in [9.17, 15) is 14.7 Å². The Labute approximate surface area is 195 Å². The van der Waals surface area contributed by atoms with E-state index in [2.05, 4.69) is 40.1 Å². The van der Waals surface area contributed by atoms with Crippen LogP contribution in [0.2, 0.25) is 0 Å². The van der Waals surface area contributed by atoms with Crippen molar-refractivity contribution in [2.24, 2.45) is 17.8 Å². The molecule has 0 aliphatic carbocycles. The molecule has 0 spiro atoms. The molecule has 4 atom stereocenters. The monoisotopic (exact) mass is 449 g/mol. The Kier molecular flexibility index (Phi) is 6.65. The van der Waals surface area contributed by atoms with E-state index in [1.54, 1.807) is 6.07 Å². The predicted octanol–water partition coefficient (Wildman–Crippen LogP) is 3.27. The number of aliphatic carboxylic acids is 1. The van der Waals surface area contributed by atoms with Gasteiger partial charge >= 0.3 is 5.97 Å². The first kappa shape index (κ1) is 22.4. The van der Waals surface area contributed by atoms with Crippen LogP contribution < -0.4 is 5.56 Å². The highest BCUT2D eigenvalue weighted by molar-refractivity contribution is 5.67. The summed E-state index contributed by atoms with van der Waals surface area (Å²) in [5.41, 5.74) is 2.65. The van der Waals surface area contributed by atoms with Crippen molar-refractivity contribution in [2.45, 2.75) is 44.7 Å². The number of nitrogens with zero attached hydrogens (tertiary/aromatic N) is 3. The van der Waals surface area contributed by atoms with Crippen molar-refractivity contribution in [3.05, 3.63) is 70.1 Å². The van der Waals surface area contributed by atoms with E-state index < -0.39 is 5.97 Å². The molecule has 1 N–H and O–H groups in total. The summed E-state index contributed by atoms with van der Waals surface area (Å²) in [4.78, 5) is 28.9. The summed E-state index contributed by atoms with van der Waals surface area (Å²) in [7, 11) is 0. The average Bonchev–Trinajstić information content (AvgIpc) is 2.80. The summed E-state index contributed by atoms with van der Waals surface area (Å²) in [6, 6.07) is 16.3. The lowest BCUT2D eigenvalue weighted by Crippen LogP contribution is -2.48. The Morgan fingerprint density at radius 3 is 2.61 bits per heavy atom. The zero-order valence-electron chi connectivity index (χ0n) is 19.3. The standard InChI is InChI=1S/C27H35N3O3/c31-26-8-4-7-25-24-13-21(17-30(25)26)16-29(19-24)12-10-23-18-28(11-9-22(23)14-27(32)33)15-20-5-2-1-3-6-20/h1-8,21-24H,9-19H2,(H,32,33)/t21-,22-,23-,24+/m0/s1. The van der Waals surface area contributed by atoms with E-state index in [0.717, 1.165) is 58.7 Å². The number of aromatic nitrogens is 1. The zero-order chi connectivity index (χ0) is 22.8. The lowest BCUT2D eigenvalue weighted by molar-refractivity contribution is -0.139. The SMILES string of the molecule is O=C(O)C[C@@H]1CCN(Cc2ccccc2)C[C@@H]1CCN1C[C@@H]2C[C@H](C1)c1cccc(=O)n1C2. The van der Waals surface area contributed by atoms with Gasteiger partial charge in [0.2, 0.25) is 0 Å². The van der Waals surface area contributed by atoms with Crippen molar-refractivity contribution in [3.8, 4) is 0 Å². The van der Waals surface area contributed by atoms with E-state index >= 15 is 0 Å². The first-order chi connectivity index (χ1) is 16.0. The van der Waals surface area contributed by atoms with Crippen LogP contribution >= 0.6 is 0 Å². The molecule has 2 fully saturated rings. The highest BCUT2D eigenvalue weighted by Crippen LogP contribution is 2.36. The van der Waals surface area contributed by atoms with Crippen LogP contribution in [0.5, 0.6) is 0 Å². The second kappa shape index (κ2) is 9.82. The Morgan fingerprint density at radius 2 is 1.79 bits per heavy atom. The quantitative estimate of drug-likeness (QED) is 0.703. The van der Waals surface area contributed by atoms with Gasteiger partial charge in [-0.3, -0.25) is 14.5 Å². The van der Waals surface area contributed by atoms with Gasteiger partial charge in [0.05, 0.1) is 0 Å². The fourth-order valence-corrected chi connectivity index (χ4v) is 6.49. The molecule has 33 heavy (non-hydrogen) atoms. The van der Waals surface area contributed by atoms with Crippen LogP contribution in [0, 0.1) is 17.8 Å². The topological polar surface area (TPSA) is 65.8 Å². The molecular formula is C27H35N3O3. The van der Waals surface area contributed by atoms with Gasteiger partial charge in [0.15, 0.2) is 0 Å². The Bertz CT molecular complexity index is 1020. The van der Waals surface area contributed by atoms with Crippen LogP contribution in [0.3, 0.4) is 0 Å². The van der Waals surface area contributed by atoms with Gasteiger partial charge in [-0.2, -0.15) is 0 Å². The summed E-state index contributed by atoms with van der Waals surface area (Å²) < 4.78 is 1.99. The molecule has 0 amide bonds. The van der Waals surface area contributed by atoms with Gasteiger partial charge in [0.1, 0.15) is 0 Å². The lowest BCUT2D eigenvalue weighted by Gasteiger charge is -2.44. The van der Waals surface area contributed by atoms with Crippen LogP contribution in [-0.2, 0) is 17.9 Å². The third-order valence-electron chi connectivity index (χ3n) is 8.03. The molecule has 0 saturated carbocycles. The Morgan fingerprint density at radius 1 is 0.939 bits per heavy atom. The third-order valence-corrected chi connectivity index (χ3v) is 8.03. The van der Waals surface area contributed by atoms with Gasteiger partial charge in [0.25, 0.3) is 5.56 Å². The second-order valence-corrected chi connectivity index (χ2v) is 10.4. The van der Waals surface area contributed by atoms with Gasteiger partial charge in [0, 0.05) is 56.8 Å². The summed E-state index contributed by atoms with van der Waals surface area (Å²) in [5, 5.41) is 9.47. The number of fused-ring (bicyclic) bond motifs is 4. The minimum atomic E-state index is -0.670. The van der Waals surface area contributed by atoms with E-state index in [-0.39, 0.29) is 17.9 Å². The number of benzene rings is 1. The molecule has 0 radical (unpaired) electrons. The van der Waals surface area contributed by atoms with Gasteiger partial charge < -0.3 is 14.6 Å². The van der Waals surface area contributed by atoms with Crippen molar-refractivity contribution in [2.75, 3.05) is 32.7 Å². The van der Waals surface area contributed by atoms with Crippen LogP contribution in [-0.4, -0.2) is 58.2 Å². The molecular weight excluding hydrogens is 414 g/mol. The summed E-state index contributed by atoms with van der Waals surface area (Å²) >= 11 is 0. The molecule has 6 nitrogen and oxygen atoms in total. The van der Waals surface area contributed by atoms with Crippen molar-refractivity contribution >= 4 is 5.97 Å². The third kappa shape index (κ3) is 5.22. The molecule has 176 valence electrons. The summed E-state index contributed by atoms with van der Waals surface area (Å²) in [5.74, 6) is 0.971. The highest BCUT2D eigenvalue weighted by Gasteiger charge is 2.36. The molecule has 3 aliphatic rings. The van der Waals surface area contributed by atoms with Gasteiger partial charge in [-0.05, 0) is 61.7 Å². The molecule has 2 bridgehead atoms. The number of hydrogen-bond acceptors (Lipinski definition) is 4. The number of carboxylic acids is 1. The number of rotatable bonds is 7. The van der Waals surface area contributed by atoms with Gasteiger partial charge in [-0.1, -0.05) is 36.4 Å². The van der Waals surface area contributed by atoms with E-state index in [1.165, 1.54) is 17.7 Å². The van der Waals surface area contributed by atoms with E-state index in [0.29, 0.717) is 17.8 Å². The fraction of sp³-hybridized carbons (Fsp3) is 0.556. The first-order valence-electron chi connectivity index (χ1n) is 12.5. The summed E-state index contributed by atoms with van der Waals surface area (Å²) in [6.07, 6.45) is 3.47. The van der Waals surface area contributed by atoms with Gasteiger partial charge in [-0.15, -0.1) is 0 Å². The lowest BCUT2D eigenvalue weighted by atomic mass is 9.80. The van der Waals surface area contributed by atoms with Gasteiger partial charge in [-0.25, -0.2) is 0 Å². The highest BCUT2D eigenvalue weighted by atomic mass is 16.4. The number of pyridine rings is 1.